The molecule has 0 fully saturated rings. The van der Waals surface area contributed by atoms with Crippen LogP contribution in [0.2, 0.25) is 5.02 Å². The quantitative estimate of drug-likeness (QED) is 0.419. The van der Waals surface area contributed by atoms with Crippen LogP contribution in [-0.2, 0) is 9.53 Å². The molecule has 0 aromatic heterocycles. The molecule has 0 radical (unpaired) electrons. The minimum absolute atomic E-state index is 0.147. The van der Waals surface area contributed by atoms with Gasteiger partial charge in [-0.05, 0) is 24.3 Å². The Morgan fingerprint density at radius 1 is 1.20 bits per heavy atom. The van der Waals surface area contributed by atoms with Gasteiger partial charge in [0.15, 0.2) is 6.61 Å². The van der Waals surface area contributed by atoms with E-state index in [0.29, 0.717) is 0 Å². The second kappa shape index (κ2) is 7.49. The fourth-order valence-electron chi connectivity index (χ4n) is 1.86. The van der Waals surface area contributed by atoms with Gasteiger partial charge in [-0.1, -0.05) is 11.6 Å². The Kier molecular flexibility index (Phi) is 5.40. The van der Waals surface area contributed by atoms with E-state index in [1.807, 2.05) is 0 Å². The van der Waals surface area contributed by atoms with Gasteiger partial charge in [0.25, 0.3) is 11.6 Å². The van der Waals surface area contributed by atoms with Gasteiger partial charge in [-0.25, -0.2) is 4.79 Å². The average Bonchev–Trinajstić information content (AvgIpc) is 2.52. The third-order valence-corrected chi connectivity index (χ3v) is 3.20. The van der Waals surface area contributed by atoms with Gasteiger partial charge in [-0.15, -0.1) is 0 Å². The largest absolute Gasteiger partial charge is 0.508 e. The summed E-state index contributed by atoms with van der Waals surface area (Å²) in [5, 5.41) is 32.0. The van der Waals surface area contributed by atoms with Crippen molar-refractivity contribution in [2.75, 3.05) is 11.9 Å². The third-order valence-electron chi connectivity index (χ3n) is 2.96. The molecule has 0 heterocycles. The lowest BCUT2D eigenvalue weighted by Gasteiger charge is -2.08. The van der Waals surface area contributed by atoms with Crippen LogP contribution in [0.5, 0.6) is 11.5 Å². The molecule has 0 aliphatic rings. The SMILES string of the molecule is O=C(COC(=O)c1ccc(O)cc1O)Nc1cc(Cl)ccc1[N+](=O)[O-]. The lowest BCUT2D eigenvalue weighted by Crippen LogP contribution is -2.21. The van der Waals surface area contributed by atoms with Crippen LogP contribution in [0.1, 0.15) is 10.4 Å². The number of ether oxygens (including phenoxy) is 1. The zero-order valence-corrected chi connectivity index (χ0v) is 13.2. The Labute approximate surface area is 145 Å². The zero-order valence-electron chi connectivity index (χ0n) is 12.4. The van der Waals surface area contributed by atoms with Crippen molar-refractivity contribution in [3.63, 3.8) is 0 Å². The number of rotatable bonds is 5. The first kappa shape index (κ1) is 18.0. The second-order valence-electron chi connectivity index (χ2n) is 4.74. The number of amides is 1. The monoisotopic (exact) mass is 366 g/mol. The molecule has 0 saturated heterocycles. The Hall–Kier alpha value is -3.33. The minimum atomic E-state index is -1.01. The van der Waals surface area contributed by atoms with Crippen molar-refractivity contribution in [3.8, 4) is 11.5 Å². The van der Waals surface area contributed by atoms with Crippen LogP contribution in [0, 0.1) is 10.1 Å². The van der Waals surface area contributed by atoms with Gasteiger partial charge in [0.2, 0.25) is 0 Å². The first-order chi connectivity index (χ1) is 11.8. The molecule has 2 aromatic rings. The number of carbonyl (C=O) groups is 2. The van der Waals surface area contributed by atoms with Crippen LogP contribution < -0.4 is 5.32 Å². The summed E-state index contributed by atoms with van der Waals surface area (Å²) in [6.45, 7) is -0.747. The molecule has 0 saturated carbocycles. The van der Waals surface area contributed by atoms with Crippen LogP contribution >= 0.6 is 11.6 Å². The Morgan fingerprint density at radius 3 is 2.56 bits per heavy atom. The number of phenols is 2. The van der Waals surface area contributed by atoms with Gasteiger partial charge in [0.1, 0.15) is 22.7 Å². The predicted octanol–water partition coefficient (Wildman–Crippen LogP) is 2.45. The van der Waals surface area contributed by atoms with Crippen LogP contribution in [0.25, 0.3) is 0 Å². The molecular weight excluding hydrogens is 356 g/mol. The standard InChI is InChI=1S/C15H11ClN2O7/c16-8-1-4-12(18(23)24)11(5-8)17-14(21)7-25-15(22)10-3-2-9(19)6-13(10)20/h1-6,19-20H,7H2,(H,17,21). The molecule has 0 aliphatic heterocycles. The Morgan fingerprint density at radius 2 is 1.92 bits per heavy atom. The maximum Gasteiger partial charge on any atom is 0.342 e. The van der Waals surface area contributed by atoms with Gasteiger partial charge < -0.3 is 20.3 Å². The lowest BCUT2D eigenvalue weighted by atomic mass is 10.2. The summed E-state index contributed by atoms with van der Waals surface area (Å²) in [5.41, 5.74) is -0.773. The molecule has 0 bridgehead atoms. The Balaban J connectivity index is 2.03. The molecule has 3 N–H and O–H groups in total. The lowest BCUT2D eigenvalue weighted by molar-refractivity contribution is -0.383. The number of nitro benzene ring substituents is 1. The molecule has 0 unspecified atom stereocenters. The molecule has 2 aromatic carbocycles. The van der Waals surface area contributed by atoms with Crippen LogP contribution in [-0.4, -0.2) is 33.6 Å². The number of halogens is 1. The number of nitrogens with zero attached hydrogens (tertiary/aromatic N) is 1. The van der Waals surface area contributed by atoms with E-state index in [2.05, 4.69) is 5.32 Å². The zero-order chi connectivity index (χ0) is 18.6. The highest BCUT2D eigenvalue weighted by atomic mass is 35.5. The number of phenolic OH excluding ortho intramolecular Hbond substituents is 2. The van der Waals surface area contributed by atoms with Crippen molar-refractivity contribution in [1.29, 1.82) is 0 Å². The van der Waals surface area contributed by atoms with E-state index in [4.69, 9.17) is 21.4 Å². The highest BCUT2D eigenvalue weighted by molar-refractivity contribution is 6.31. The van der Waals surface area contributed by atoms with Crippen molar-refractivity contribution in [2.45, 2.75) is 0 Å². The fourth-order valence-corrected chi connectivity index (χ4v) is 2.03. The van der Waals surface area contributed by atoms with Crippen LogP contribution in [0.15, 0.2) is 36.4 Å². The van der Waals surface area contributed by atoms with Crippen molar-refractivity contribution < 1.29 is 29.5 Å². The summed E-state index contributed by atoms with van der Waals surface area (Å²) >= 11 is 5.74. The van der Waals surface area contributed by atoms with E-state index < -0.39 is 29.2 Å². The molecular formula is C15H11ClN2O7. The first-order valence-corrected chi connectivity index (χ1v) is 7.08. The predicted molar refractivity (Wildman–Crippen MR) is 86.8 cm³/mol. The summed E-state index contributed by atoms with van der Waals surface area (Å²) in [6.07, 6.45) is 0. The molecule has 10 heteroatoms. The molecule has 0 aliphatic carbocycles. The van der Waals surface area contributed by atoms with Crippen molar-refractivity contribution in [2.24, 2.45) is 0 Å². The number of benzene rings is 2. The molecule has 2 rings (SSSR count). The van der Waals surface area contributed by atoms with Gasteiger partial charge in [-0.3, -0.25) is 14.9 Å². The minimum Gasteiger partial charge on any atom is -0.508 e. The number of nitrogens with one attached hydrogen (secondary N) is 1. The molecule has 1 amide bonds. The number of carbonyl (C=O) groups excluding carboxylic acids is 2. The fraction of sp³-hybridized carbons (Fsp3) is 0.0667. The number of esters is 1. The summed E-state index contributed by atoms with van der Waals surface area (Å²) in [7, 11) is 0. The smallest absolute Gasteiger partial charge is 0.342 e. The number of anilines is 1. The molecule has 25 heavy (non-hydrogen) atoms. The van der Waals surface area contributed by atoms with E-state index in [1.165, 1.54) is 12.1 Å². The molecule has 0 spiro atoms. The number of hydrogen-bond donors (Lipinski definition) is 3. The van der Waals surface area contributed by atoms with E-state index in [-0.39, 0.29) is 27.7 Å². The van der Waals surface area contributed by atoms with Crippen molar-refractivity contribution in [3.05, 3.63) is 57.1 Å². The highest BCUT2D eigenvalue weighted by Gasteiger charge is 2.18. The number of hydrogen-bond acceptors (Lipinski definition) is 7. The number of aromatic hydroxyl groups is 2. The first-order valence-electron chi connectivity index (χ1n) is 6.71. The second-order valence-corrected chi connectivity index (χ2v) is 5.18. The topological polar surface area (TPSA) is 139 Å². The van der Waals surface area contributed by atoms with E-state index in [9.17, 15) is 24.8 Å². The maximum absolute atomic E-state index is 11.8. The maximum atomic E-state index is 11.8. The van der Waals surface area contributed by atoms with E-state index in [1.54, 1.807) is 0 Å². The van der Waals surface area contributed by atoms with Gasteiger partial charge in [0, 0.05) is 17.2 Å². The molecule has 130 valence electrons. The summed E-state index contributed by atoms with van der Waals surface area (Å²) in [4.78, 5) is 33.8. The van der Waals surface area contributed by atoms with Gasteiger partial charge in [0.05, 0.1) is 4.92 Å². The highest BCUT2D eigenvalue weighted by Crippen LogP contribution is 2.27. The summed E-state index contributed by atoms with van der Waals surface area (Å²) < 4.78 is 4.72. The van der Waals surface area contributed by atoms with E-state index >= 15 is 0 Å². The molecule has 9 nitrogen and oxygen atoms in total. The van der Waals surface area contributed by atoms with Crippen LogP contribution in [0.4, 0.5) is 11.4 Å². The summed E-state index contributed by atoms with van der Waals surface area (Å²) in [6, 6.07) is 6.82. The average molecular weight is 367 g/mol. The summed E-state index contributed by atoms with van der Waals surface area (Å²) in [5.74, 6) is -2.61. The van der Waals surface area contributed by atoms with Gasteiger partial charge >= 0.3 is 5.97 Å². The normalized spacial score (nSPS) is 10.1. The van der Waals surface area contributed by atoms with Crippen LogP contribution in [0.3, 0.4) is 0 Å². The molecule has 0 atom stereocenters. The van der Waals surface area contributed by atoms with Crippen molar-refractivity contribution in [1.82, 2.24) is 0 Å². The number of nitro groups is 1. The van der Waals surface area contributed by atoms with Gasteiger partial charge in [-0.2, -0.15) is 0 Å². The third kappa shape index (κ3) is 4.58. The van der Waals surface area contributed by atoms with Crippen molar-refractivity contribution >= 4 is 34.9 Å². The van der Waals surface area contributed by atoms with E-state index in [0.717, 1.165) is 24.3 Å². The Bertz CT molecular complexity index is 854.